The van der Waals surface area contributed by atoms with Gasteiger partial charge in [-0.3, -0.25) is 4.79 Å². The highest BCUT2D eigenvalue weighted by Crippen LogP contribution is 2.35. The van der Waals surface area contributed by atoms with Gasteiger partial charge in [-0.1, -0.05) is 31.4 Å². The Morgan fingerprint density at radius 1 is 1.21 bits per heavy atom. The van der Waals surface area contributed by atoms with Crippen molar-refractivity contribution in [1.29, 1.82) is 0 Å². The third kappa shape index (κ3) is 2.83. The predicted octanol–water partition coefficient (Wildman–Crippen LogP) is 2.41. The molecule has 0 radical (unpaired) electrons. The summed E-state index contributed by atoms with van der Waals surface area (Å²) >= 11 is 0. The lowest BCUT2D eigenvalue weighted by molar-refractivity contribution is -0.121. The number of rotatable bonds is 3. The summed E-state index contributed by atoms with van der Waals surface area (Å²) in [5.74, 6) is 1.54. The molecule has 0 atom stereocenters. The summed E-state index contributed by atoms with van der Waals surface area (Å²) in [6.07, 6.45) is 6.33. The van der Waals surface area contributed by atoms with E-state index in [1.54, 1.807) is 0 Å². The normalized spacial score (nSPS) is 18.3. The van der Waals surface area contributed by atoms with E-state index in [9.17, 15) is 4.79 Å². The highest BCUT2D eigenvalue weighted by Gasteiger charge is 2.20. The molecule has 1 heterocycles. The number of carbonyl (C=O) groups is 1. The van der Waals surface area contributed by atoms with Gasteiger partial charge in [-0.05, 0) is 18.9 Å². The zero-order valence-electron chi connectivity index (χ0n) is 11.0. The van der Waals surface area contributed by atoms with E-state index in [0.717, 1.165) is 29.9 Å². The SMILES string of the molecule is O=C(Cc1cccc2c1OCO2)NC1CCCCC1. The summed E-state index contributed by atoms with van der Waals surface area (Å²) in [6, 6.07) is 6.05. The molecule has 0 spiro atoms. The fourth-order valence-corrected chi connectivity index (χ4v) is 2.83. The van der Waals surface area contributed by atoms with E-state index in [1.807, 2.05) is 18.2 Å². The average molecular weight is 261 g/mol. The average Bonchev–Trinajstić information content (AvgIpc) is 2.89. The Kier molecular flexibility index (Phi) is 3.58. The van der Waals surface area contributed by atoms with Crippen molar-refractivity contribution < 1.29 is 14.3 Å². The highest BCUT2D eigenvalue weighted by molar-refractivity contribution is 5.80. The van der Waals surface area contributed by atoms with Crippen LogP contribution in [0.3, 0.4) is 0 Å². The number of carbonyl (C=O) groups excluding carboxylic acids is 1. The number of hydrogen-bond acceptors (Lipinski definition) is 3. The summed E-state index contributed by atoms with van der Waals surface area (Å²) in [5, 5.41) is 3.12. The molecule has 0 aromatic heterocycles. The summed E-state index contributed by atoms with van der Waals surface area (Å²) in [5.41, 5.74) is 0.906. The number of fused-ring (bicyclic) bond motifs is 1. The molecular weight excluding hydrogens is 242 g/mol. The van der Waals surface area contributed by atoms with Crippen LogP contribution in [0.5, 0.6) is 11.5 Å². The van der Waals surface area contributed by atoms with Gasteiger partial charge in [0.2, 0.25) is 12.7 Å². The molecular formula is C15H19NO3. The number of nitrogens with one attached hydrogen (secondary N) is 1. The minimum atomic E-state index is 0.0794. The first-order chi connectivity index (χ1) is 9.33. The van der Waals surface area contributed by atoms with Gasteiger partial charge in [0.1, 0.15) is 0 Å². The van der Waals surface area contributed by atoms with Crippen molar-refractivity contribution in [2.45, 2.75) is 44.6 Å². The largest absolute Gasteiger partial charge is 0.454 e. The van der Waals surface area contributed by atoms with Gasteiger partial charge in [0.25, 0.3) is 0 Å². The number of benzene rings is 1. The third-order valence-electron chi connectivity index (χ3n) is 3.80. The van der Waals surface area contributed by atoms with Crippen molar-refractivity contribution >= 4 is 5.91 Å². The number of amides is 1. The summed E-state index contributed by atoms with van der Waals surface area (Å²) in [7, 11) is 0. The monoisotopic (exact) mass is 261 g/mol. The van der Waals surface area contributed by atoms with Crippen LogP contribution in [0.4, 0.5) is 0 Å². The van der Waals surface area contributed by atoms with Crippen molar-refractivity contribution in [1.82, 2.24) is 5.32 Å². The lowest BCUT2D eigenvalue weighted by Gasteiger charge is -2.22. The Morgan fingerprint density at radius 3 is 2.89 bits per heavy atom. The molecule has 0 bridgehead atoms. The second-order valence-corrected chi connectivity index (χ2v) is 5.23. The molecule has 0 saturated heterocycles. The lowest BCUT2D eigenvalue weighted by Crippen LogP contribution is -2.37. The van der Waals surface area contributed by atoms with Crippen LogP contribution in [0, 0.1) is 0 Å². The highest BCUT2D eigenvalue weighted by atomic mass is 16.7. The molecule has 1 fully saturated rings. The maximum atomic E-state index is 12.1. The number of para-hydroxylation sites is 1. The minimum Gasteiger partial charge on any atom is -0.454 e. The first-order valence-electron chi connectivity index (χ1n) is 7.00. The topological polar surface area (TPSA) is 47.6 Å². The third-order valence-corrected chi connectivity index (χ3v) is 3.80. The van der Waals surface area contributed by atoms with E-state index in [2.05, 4.69) is 5.32 Å². The minimum absolute atomic E-state index is 0.0794. The van der Waals surface area contributed by atoms with Crippen molar-refractivity contribution in [3.05, 3.63) is 23.8 Å². The summed E-state index contributed by atoms with van der Waals surface area (Å²) < 4.78 is 10.7. The second kappa shape index (κ2) is 5.51. The molecule has 1 aromatic carbocycles. The number of hydrogen-bond donors (Lipinski definition) is 1. The zero-order valence-corrected chi connectivity index (χ0v) is 11.0. The van der Waals surface area contributed by atoms with E-state index in [4.69, 9.17) is 9.47 Å². The first-order valence-corrected chi connectivity index (χ1v) is 7.00. The van der Waals surface area contributed by atoms with E-state index in [-0.39, 0.29) is 12.7 Å². The Balaban J connectivity index is 1.61. The van der Waals surface area contributed by atoms with Crippen LogP contribution in [-0.2, 0) is 11.2 Å². The molecule has 102 valence electrons. The van der Waals surface area contributed by atoms with Crippen LogP contribution in [0.1, 0.15) is 37.7 Å². The van der Waals surface area contributed by atoms with Crippen molar-refractivity contribution in [3.63, 3.8) is 0 Å². The van der Waals surface area contributed by atoms with Gasteiger partial charge >= 0.3 is 0 Å². The standard InChI is InChI=1S/C15H19NO3/c17-14(16-12-6-2-1-3-7-12)9-11-5-4-8-13-15(11)19-10-18-13/h4-5,8,12H,1-3,6-7,9-10H2,(H,16,17). The van der Waals surface area contributed by atoms with Crippen LogP contribution in [0.15, 0.2) is 18.2 Å². The van der Waals surface area contributed by atoms with Crippen molar-refractivity contribution in [3.8, 4) is 11.5 Å². The molecule has 1 aliphatic carbocycles. The van der Waals surface area contributed by atoms with Gasteiger partial charge in [0, 0.05) is 11.6 Å². The van der Waals surface area contributed by atoms with Crippen LogP contribution >= 0.6 is 0 Å². The van der Waals surface area contributed by atoms with E-state index in [1.165, 1.54) is 19.3 Å². The molecule has 4 nitrogen and oxygen atoms in total. The van der Waals surface area contributed by atoms with Gasteiger partial charge in [-0.25, -0.2) is 0 Å². The Hall–Kier alpha value is -1.71. The molecule has 1 N–H and O–H groups in total. The molecule has 1 amide bonds. The van der Waals surface area contributed by atoms with Crippen molar-refractivity contribution in [2.24, 2.45) is 0 Å². The Morgan fingerprint density at radius 2 is 2.05 bits per heavy atom. The Bertz CT molecular complexity index is 466. The van der Waals surface area contributed by atoms with Gasteiger partial charge in [0.15, 0.2) is 11.5 Å². The predicted molar refractivity (Wildman–Crippen MR) is 71.3 cm³/mol. The fraction of sp³-hybridized carbons (Fsp3) is 0.533. The summed E-state index contributed by atoms with van der Waals surface area (Å²) in [6.45, 7) is 0.247. The zero-order chi connectivity index (χ0) is 13.1. The van der Waals surface area contributed by atoms with Gasteiger partial charge in [-0.15, -0.1) is 0 Å². The maximum Gasteiger partial charge on any atom is 0.231 e. The van der Waals surface area contributed by atoms with Crippen molar-refractivity contribution in [2.75, 3.05) is 6.79 Å². The molecule has 1 saturated carbocycles. The Labute approximate surface area is 113 Å². The molecule has 3 rings (SSSR count). The number of ether oxygens (including phenoxy) is 2. The lowest BCUT2D eigenvalue weighted by atomic mass is 9.95. The first kappa shape index (κ1) is 12.3. The fourth-order valence-electron chi connectivity index (χ4n) is 2.83. The van der Waals surface area contributed by atoms with Crippen LogP contribution in [-0.4, -0.2) is 18.7 Å². The smallest absolute Gasteiger partial charge is 0.231 e. The molecule has 1 aliphatic heterocycles. The van der Waals surface area contributed by atoms with Gasteiger partial charge in [-0.2, -0.15) is 0 Å². The van der Waals surface area contributed by atoms with Gasteiger partial charge in [0.05, 0.1) is 6.42 Å². The molecule has 1 aromatic rings. The maximum absolute atomic E-state index is 12.1. The molecule has 4 heteroatoms. The molecule has 0 unspecified atom stereocenters. The summed E-state index contributed by atoms with van der Waals surface area (Å²) in [4.78, 5) is 12.1. The quantitative estimate of drug-likeness (QED) is 0.909. The van der Waals surface area contributed by atoms with Gasteiger partial charge < -0.3 is 14.8 Å². The second-order valence-electron chi connectivity index (χ2n) is 5.23. The van der Waals surface area contributed by atoms with E-state index >= 15 is 0 Å². The van der Waals surface area contributed by atoms with E-state index in [0.29, 0.717) is 12.5 Å². The molecule has 2 aliphatic rings. The van der Waals surface area contributed by atoms with Crippen LogP contribution < -0.4 is 14.8 Å². The van der Waals surface area contributed by atoms with Crippen LogP contribution in [0.2, 0.25) is 0 Å². The van der Waals surface area contributed by atoms with E-state index < -0.39 is 0 Å². The van der Waals surface area contributed by atoms with Crippen LogP contribution in [0.25, 0.3) is 0 Å². The molecule has 19 heavy (non-hydrogen) atoms.